The molecular weight excluding hydrogens is 222 g/mol. The normalized spacial score (nSPS) is 24.8. The number of hydroxylamine groups is 2. The van der Waals surface area contributed by atoms with Crippen LogP contribution in [0, 0.1) is 0 Å². The van der Waals surface area contributed by atoms with Gasteiger partial charge < -0.3 is 15.1 Å². The highest BCUT2D eigenvalue weighted by molar-refractivity contribution is 5.78. The second-order valence-electron chi connectivity index (χ2n) is 4.52. The maximum atomic E-state index is 11.8. The third-order valence-corrected chi connectivity index (χ3v) is 3.24. The molecule has 0 aromatic carbocycles. The van der Waals surface area contributed by atoms with Gasteiger partial charge in [-0.1, -0.05) is 6.92 Å². The Balaban J connectivity index is 1.83. The molecule has 0 spiro atoms. The molecule has 2 rings (SSSR count). The van der Waals surface area contributed by atoms with E-state index >= 15 is 0 Å². The molecule has 2 aliphatic rings. The molecule has 0 aromatic rings. The predicted molar refractivity (Wildman–Crippen MR) is 61.2 cm³/mol. The highest BCUT2D eigenvalue weighted by Gasteiger charge is 2.32. The van der Waals surface area contributed by atoms with E-state index in [1.165, 1.54) is 0 Å². The summed E-state index contributed by atoms with van der Waals surface area (Å²) in [5.41, 5.74) is 0. The predicted octanol–water partition coefficient (Wildman–Crippen LogP) is 1.33. The van der Waals surface area contributed by atoms with Crippen molar-refractivity contribution in [1.29, 1.82) is 0 Å². The lowest BCUT2D eigenvalue weighted by molar-refractivity contribution is -0.0631. The van der Waals surface area contributed by atoms with Gasteiger partial charge in [0.2, 0.25) is 0 Å². The van der Waals surface area contributed by atoms with Crippen molar-refractivity contribution in [3.63, 3.8) is 0 Å². The van der Waals surface area contributed by atoms with Crippen LogP contribution in [0.2, 0.25) is 0 Å². The molecular formula is C11H19N3O3. The summed E-state index contributed by atoms with van der Waals surface area (Å²) in [7, 11) is 0. The zero-order valence-corrected chi connectivity index (χ0v) is 10.1. The van der Waals surface area contributed by atoms with Gasteiger partial charge in [0.05, 0.1) is 12.6 Å². The first kappa shape index (κ1) is 12.0. The van der Waals surface area contributed by atoms with Gasteiger partial charge >= 0.3 is 12.1 Å². The summed E-state index contributed by atoms with van der Waals surface area (Å²) in [6.45, 7) is 3.88. The average Bonchev–Trinajstić information content (AvgIpc) is 2.71. The first-order valence-electron chi connectivity index (χ1n) is 6.25. The summed E-state index contributed by atoms with van der Waals surface area (Å²) < 4.78 is 0. The van der Waals surface area contributed by atoms with E-state index in [-0.39, 0.29) is 12.1 Å². The Morgan fingerprint density at radius 1 is 1.41 bits per heavy atom. The number of carbonyl (C=O) groups is 2. The van der Waals surface area contributed by atoms with E-state index in [1.54, 1.807) is 4.90 Å². The van der Waals surface area contributed by atoms with Crippen LogP contribution in [0.1, 0.15) is 32.6 Å². The molecule has 3 amide bonds. The number of amides is 3. The van der Waals surface area contributed by atoms with Crippen LogP contribution < -0.4 is 5.32 Å². The summed E-state index contributed by atoms with van der Waals surface area (Å²) in [6, 6.07) is -0.237. The highest BCUT2D eigenvalue weighted by atomic mass is 16.7. The van der Waals surface area contributed by atoms with Gasteiger partial charge in [-0.15, -0.1) is 5.06 Å². The molecule has 6 nitrogen and oxygen atoms in total. The van der Waals surface area contributed by atoms with Crippen LogP contribution in [0.4, 0.5) is 9.59 Å². The number of urea groups is 1. The van der Waals surface area contributed by atoms with Crippen LogP contribution in [0.5, 0.6) is 0 Å². The minimum Gasteiger partial charge on any atom is -0.331 e. The minimum atomic E-state index is -0.406. The first-order valence-corrected chi connectivity index (χ1v) is 6.25. The molecule has 2 heterocycles. The van der Waals surface area contributed by atoms with E-state index in [1.807, 2.05) is 6.92 Å². The molecule has 2 aliphatic heterocycles. The molecule has 0 bridgehead atoms. The third kappa shape index (κ3) is 2.81. The Morgan fingerprint density at radius 3 is 2.71 bits per heavy atom. The number of likely N-dealkylation sites (tertiary alicyclic amines) is 1. The molecule has 0 radical (unpaired) electrons. The quantitative estimate of drug-likeness (QED) is 0.793. The van der Waals surface area contributed by atoms with Crippen molar-refractivity contribution in [2.24, 2.45) is 0 Å². The molecule has 2 saturated heterocycles. The standard InChI is InChI=1S/C11H19N3O3/c1-2-9-8-14(10(15)12-9)17-11(16)13-6-4-3-5-7-13/h9H,2-8H2,1H3,(H,12,15). The number of hydrogen-bond acceptors (Lipinski definition) is 3. The summed E-state index contributed by atoms with van der Waals surface area (Å²) in [4.78, 5) is 30.0. The fourth-order valence-corrected chi connectivity index (χ4v) is 2.11. The Labute approximate surface area is 101 Å². The Hall–Kier alpha value is -1.46. The summed E-state index contributed by atoms with van der Waals surface area (Å²) in [5, 5.41) is 3.88. The summed E-state index contributed by atoms with van der Waals surface area (Å²) in [6.07, 6.45) is 3.62. The number of nitrogens with one attached hydrogen (secondary N) is 1. The van der Waals surface area contributed by atoms with E-state index in [9.17, 15) is 9.59 Å². The smallest absolute Gasteiger partial charge is 0.331 e. The van der Waals surface area contributed by atoms with Gasteiger partial charge in [0.15, 0.2) is 0 Å². The molecule has 0 saturated carbocycles. The van der Waals surface area contributed by atoms with Crippen LogP contribution >= 0.6 is 0 Å². The third-order valence-electron chi connectivity index (χ3n) is 3.24. The average molecular weight is 241 g/mol. The van der Waals surface area contributed by atoms with Crippen molar-refractivity contribution in [3.8, 4) is 0 Å². The monoisotopic (exact) mass is 241 g/mol. The fourth-order valence-electron chi connectivity index (χ4n) is 2.11. The van der Waals surface area contributed by atoms with Crippen molar-refractivity contribution < 1.29 is 14.4 Å². The molecule has 96 valence electrons. The molecule has 6 heteroatoms. The lowest BCUT2D eigenvalue weighted by Crippen LogP contribution is -2.41. The SMILES string of the molecule is CCC1CN(OC(=O)N2CCCCC2)C(=O)N1. The van der Waals surface area contributed by atoms with E-state index in [4.69, 9.17) is 4.84 Å². The van der Waals surface area contributed by atoms with Crippen molar-refractivity contribution in [2.75, 3.05) is 19.6 Å². The van der Waals surface area contributed by atoms with Crippen LogP contribution in [-0.2, 0) is 4.84 Å². The molecule has 1 unspecified atom stereocenters. The topological polar surface area (TPSA) is 61.9 Å². The van der Waals surface area contributed by atoms with Crippen LogP contribution in [0.15, 0.2) is 0 Å². The van der Waals surface area contributed by atoms with E-state index < -0.39 is 6.09 Å². The molecule has 0 aliphatic carbocycles. The Bertz CT molecular complexity index is 302. The Kier molecular flexibility index (Phi) is 3.71. The Morgan fingerprint density at radius 2 is 2.12 bits per heavy atom. The lowest BCUT2D eigenvalue weighted by Gasteiger charge is -2.27. The number of carbonyl (C=O) groups excluding carboxylic acids is 2. The summed E-state index contributed by atoms with van der Waals surface area (Å²) in [5.74, 6) is 0. The second kappa shape index (κ2) is 5.25. The fraction of sp³-hybridized carbons (Fsp3) is 0.818. The largest absolute Gasteiger partial charge is 0.434 e. The second-order valence-corrected chi connectivity index (χ2v) is 4.52. The molecule has 2 fully saturated rings. The van der Waals surface area contributed by atoms with Gasteiger partial charge in [0.1, 0.15) is 0 Å². The first-order chi connectivity index (χ1) is 8.20. The number of nitrogens with zero attached hydrogens (tertiary/aromatic N) is 2. The zero-order chi connectivity index (χ0) is 12.3. The van der Waals surface area contributed by atoms with E-state index in [2.05, 4.69) is 5.32 Å². The number of rotatable bonds is 2. The van der Waals surface area contributed by atoms with Crippen molar-refractivity contribution in [1.82, 2.24) is 15.3 Å². The maximum Gasteiger partial charge on any atom is 0.434 e. The van der Waals surface area contributed by atoms with Gasteiger partial charge in [-0.25, -0.2) is 9.59 Å². The molecule has 17 heavy (non-hydrogen) atoms. The zero-order valence-electron chi connectivity index (χ0n) is 10.1. The minimum absolute atomic E-state index is 0.0802. The number of hydrogen-bond donors (Lipinski definition) is 1. The molecule has 1 atom stereocenters. The number of piperidine rings is 1. The van der Waals surface area contributed by atoms with Crippen molar-refractivity contribution in [2.45, 2.75) is 38.6 Å². The van der Waals surface area contributed by atoms with E-state index in [0.717, 1.165) is 43.8 Å². The van der Waals surface area contributed by atoms with E-state index in [0.29, 0.717) is 6.54 Å². The van der Waals surface area contributed by atoms with Gasteiger partial charge in [-0.05, 0) is 25.7 Å². The summed E-state index contributed by atoms with van der Waals surface area (Å²) >= 11 is 0. The van der Waals surface area contributed by atoms with Gasteiger partial charge in [0, 0.05) is 13.1 Å². The van der Waals surface area contributed by atoms with Gasteiger partial charge in [-0.3, -0.25) is 0 Å². The van der Waals surface area contributed by atoms with Crippen LogP contribution in [0.25, 0.3) is 0 Å². The van der Waals surface area contributed by atoms with Gasteiger partial charge in [0.25, 0.3) is 0 Å². The van der Waals surface area contributed by atoms with Crippen molar-refractivity contribution in [3.05, 3.63) is 0 Å². The van der Waals surface area contributed by atoms with Crippen LogP contribution in [-0.4, -0.2) is 47.8 Å². The maximum absolute atomic E-state index is 11.8. The van der Waals surface area contributed by atoms with Crippen LogP contribution in [0.3, 0.4) is 0 Å². The highest BCUT2D eigenvalue weighted by Crippen LogP contribution is 2.13. The van der Waals surface area contributed by atoms with Crippen molar-refractivity contribution >= 4 is 12.1 Å². The molecule has 0 aromatic heterocycles. The molecule has 1 N–H and O–H groups in total. The van der Waals surface area contributed by atoms with Gasteiger partial charge in [-0.2, -0.15) is 0 Å². The lowest BCUT2D eigenvalue weighted by atomic mass is 10.1.